The minimum atomic E-state index is -0.619. The Morgan fingerprint density at radius 3 is 2.53 bits per heavy atom. The largest absolute Gasteiger partial charge is 0.379 e. The van der Waals surface area contributed by atoms with Crippen LogP contribution >= 0.6 is 0 Å². The summed E-state index contributed by atoms with van der Waals surface area (Å²) in [6.45, 7) is 3.36. The maximum absolute atomic E-state index is 12.0. The Labute approximate surface area is 90.5 Å². The first-order valence-corrected chi connectivity index (χ1v) is 5.73. The van der Waals surface area contributed by atoms with Crippen molar-refractivity contribution in [1.29, 1.82) is 0 Å². The highest BCUT2D eigenvalue weighted by Gasteiger charge is 2.41. The molecule has 2 aliphatic rings. The zero-order chi connectivity index (χ0) is 10.9. The molecule has 86 valence electrons. The van der Waals surface area contributed by atoms with Crippen LogP contribution < -0.4 is 11.1 Å². The Kier molecular flexibility index (Phi) is 2.73. The van der Waals surface area contributed by atoms with Crippen LogP contribution in [0.3, 0.4) is 0 Å². The highest BCUT2D eigenvalue weighted by atomic mass is 16.5. The third-order valence-electron chi connectivity index (χ3n) is 3.58. The van der Waals surface area contributed by atoms with Gasteiger partial charge in [0.05, 0.1) is 17.7 Å². The van der Waals surface area contributed by atoms with Gasteiger partial charge < -0.3 is 15.8 Å². The summed E-state index contributed by atoms with van der Waals surface area (Å²) in [6, 6.07) is 0. The van der Waals surface area contributed by atoms with Crippen molar-refractivity contribution in [3.63, 3.8) is 0 Å². The zero-order valence-corrected chi connectivity index (χ0v) is 9.34. The van der Waals surface area contributed by atoms with Crippen LogP contribution in [0.1, 0.15) is 39.0 Å². The maximum atomic E-state index is 12.0. The van der Waals surface area contributed by atoms with Crippen LogP contribution in [0.25, 0.3) is 0 Å². The van der Waals surface area contributed by atoms with Gasteiger partial charge in [-0.2, -0.15) is 0 Å². The summed E-state index contributed by atoms with van der Waals surface area (Å²) >= 11 is 0. The number of hydrogen-bond acceptors (Lipinski definition) is 3. The van der Waals surface area contributed by atoms with Crippen molar-refractivity contribution in [3.8, 4) is 0 Å². The van der Waals surface area contributed by atoms with E-state index >= 15 is 0 Å². The summed E-state index contributed by atoms with van der Waals surface area (Å²) in [7, 11) is 0. The second-order valence-electron chi connectivity index (χ2n) is 5.18. The van der Waals surface area contributed by atoms with Crippen molar-refractivity contribution in [2.24, 2.45) is 5.73 Å². The molecule has 1 aliphatic carbocycles. The number of amides is 1. The second-order valence-corrected chi connectivity index (χ2v) is 5.18. The molecule has 4 nitrogen and oxygen atoms in total. The summed E-state index contributed by atoms with van der Waals surface area (Å²) in [6.07, 6.45) is 4.65. The van der Waals surface area contributed by atoms with Crippen molar-refractivity contribution in [2.75, 3.05) is 13.2 Å². The van der Waals surface area contributed by atoms with Crippen LogP contribution in [0.15, 0.2) is 0 Å². The van der Waals surface area contributed by atoms with Crippen LogP contribution in [0.4, 0.5) is 0 Å². The van der Waals surface area contributed by atoms with Gasteiger partial charge in [0, 0.05) is 6.61 Å². The molecular formula is C11H20N2O2. The van der Waals surface area contributed by atoms with E-state index in [4.69, 9.17) is 10.5 Å². The summed E-state index contributed by atoms with van der Waals surface area (Å²) in [5, 5.41) is 3.05. The van der Waals surface area contributed by atoms with E-state index in [0.717, 1.165) is 38.7 Å². The van der Waals surface area contributed by atoms with Crippen LogP contribution in [0, 0.1) is 0 Å². The fraction of sp³-hybridized carbons (Fsp3) is 0.909. The quantitative estimate of drug-likeness (QED) is 0.702. The van der Waals surface area contributed by atoms with Gasteiger partial charge in [0.25, 0.3) is 0 Å². The van der Waals surface area contributed by atoms with Gasteiger partial charge >= 0.3 is 0 Å². The van der Waals surface area contributed by atoms with E-state index in [0.29, 0.717) is 6.61 Å². The van der Waals surface area contributed by atoms with E-state index in [9.17, 15) is 4.79 Å². The predicted octanol–water partition coefficient (Wildman–Crippen LogP) is 0.553. The Morgan fingerprint density at radius 2 is 2.00 bits per heavy atom. The molecule has 0 aromatic rings. The Balaban J connectivity index is 1.96. The molecule has 1 aliphatic heterocycles. The predicted molar refractivity (Wildman–Crippen MR) is 57.4 cm³/mol. The lowest BCUT2D eigenvalue weighted by Gasteiger charge is -2.30. The fourth-order valence-electron chi connectivity index (χ4n) is 2.40. The number of rotatable bonds is 2. The Hall–Kier alpha value is -0.610. The molecule has 0 radical (unpaired) electrons. The first-order chi connectivity index (χ1) is 7.04. The minimum absolute atomic E-state index is 0.00741. The van der Waals surface area contributed by atoms with E-state index in [2.05, 4.69) is 5.32 Å². The molecular weight excluding hydrogens is 192 g/mol. The lowest BCUT2D eigenvalue weighted by atomic mass is 9.94. The van der Waals surface area contributed by atoms with E-state index in [1.54, 1.807) is 0 Å². The van der Waals surface area contributed by atoms with Crippen molar-refractivity contribution < 1.29 is 9.53 Å². The molecule has 1 saturated heterocycles. The lowest BCUT2D eigenvalue weighted by molar-refractivity contribution is -0.128. The normalized spacial score (nSPS) is 34.3. The molecule has 3 N–H and O–H groups in total. The van der Waals surface area contributed by atoms with Gasteiger partial charge in [-0.1, -0.05) is 12.8 Å². The van der Waals surface area contributed by atoms with Gasteiger partial charge in [0.1, 0.15) is 0 Å². The smallest absolute Gasteiger partial charge is 0.240 e. The second kappa shape index (κ2) is 3.76. The number of nitrogens with one attached hydrogen (secondary N) is 1. The molecule has 0 spiro atoms. The summed E-state index contributed by atoms with van der Waals surface area (Å²) in [4.78, 5) is 12.0. The van der Waals surface area contributed by atoms with Crippen LogP contribution in [-0.4, -0.2) is 30.2 Å². The molecule has 1 atom stereocenters. The maximum Gasteiger partial charge on any atom is 0.240 e. The standard InChI is InChI=1S/C11H20N2O2/c1-10(6-7-15-8-10)13-9(14)11(12)4-2-3-5-11/h2-8,12H2,1H3,(H,13,14). The van der Waals surface area contributed by atoms with Gasteiger partial charge in [-0.05, 0) is 26.2 Å². The Bertz CT molecular complexity index is 253. The molecule has 0 aromatic carbocycles. The fourth-order valence-corrected chi connectivity index (χ4v) is 2.40. The average molecular weight is 212 g/mol. The van der Waals surface area contributed by atoms with Gasteiger partial charge in [0.15, 0.2) is 0 Å². The van der Waals surface area contributed by atoms with Gasteiger partial charge in [-0.15, -0.1) is 0 Å². The van der Waals surface area contributed by atoms with E-state index in [-0.39, 0.29) is 11.4 Å². The highest BCUT2D eigenvalue weighted by molar-refractivity contribution is 5.87. The molecule has 0 aromatic heterocycles. The minimum Gasteiger partial charge on any atom is -0.379 e. The Morgan fingerprint density at radius 1 is 1.33 bits per heavy atom. The molecule has 0 bridgehead atoms. The SMILES string of the molecule is CC1(NC(=O)C2(N)CCCC2)CCOC1. The topological polar surface area (TPSA) is 64.4 Å². The highest BCUT2D eigenvalue weighted by Crippen LogP contribution is 2.28. The van der Waals surface area contributed by atoms with E-state index < -0.39 is 5.54 Å². The van der Waals surface area contributed by atoms with Crippen LogP contribution in [-0.2, 0) is 9.53 Å². The number of ether oxygens (including phenoxy) is 1. The molecule has 4 heteroatoms. The monoisotopic (exact) mass is 212 g/mol. The third kappa shape index (κ3) is 2.16. The zero-order valence-electron chi connectivity index (χ0n) is 9.34. The molecule has 1 amide bonds. The molecule has 15 heavy (non-hydrogen) atoms. The summed E-state index contributed by atoms with van der Waals surface area (Å²) in [5.74, 6) is 0.00741. The number of carbonyl (C=O) groups is 1. The number of hydrogen-bond donors (Lipinski definition) is 2. The van der Waals surface area contributed by atoms with Crippen molar-refractivity contribution in [1.82, 2.24) is 5.32 Å². The van der Waals surface area contributed by atoms with Gasteiger partial charge in [-0.25, -0.2) is 0 Å². The molecule has 2 fully saturated rings. The van der Waals surface area contributed by atoms with Crippen molar-refractivity contribution in [3.05, 3.63) is 0 Å². The van der Waals surface area contributed by atoms with E-state index in [1.165, 1.54) is 0 Å². The number of nitrogens with two attached hydrogens (primary N) is 1. The summed E-state index contributed by atoms with van der Waals surface area (Å²) < 4.78 is 5.30. The van der Waals surface area contributed by atoms with E-state index in [1.807, 2.05) is 6.92 Å². The lowest BCUT2D eigenvalue weighted by Crippen LogP contribution is -2.58. The molecule has 2 rings (SSSR count). The molecule has 1 unspecified atom stereocenters. The van der Waals surface area contributed by atoms with Crippen molar-refractivity contribution in [2.45, 2.75) is 50.1 Å². The first kappa shape index (κ1) is 10.9. The molecule has 1 heterocycles. The number of carbonyl (C=O) groups excluding carboxylic acids is 1. The van der Waals surface area contributed by atoms with Crippen molar-refractivity contribution >= 4 is 5.91 Å². The van der Waals surface area contributed by atoms with Gasteiger partial charge in [-0.3, -0.25) is 4.79 Å². The third-order valence-corrected chi connectivity index (χ3v) is 3.58. The van der Waals surface area contributed by atoms with Crippen LogP contribution in [0.2, 0.25) is 0 Å². The first-order valence-electron chi connectivity index (χ1n) is 5.73. The average Bonchev–Trinajstić information content (AvgIpc) is 2.76. The van der Waals surface area contributed by atoms with Crippen LogP contribution in [0.5, 0.6) is 0 Å². The molecule has 1 saturated carbocycles. The van der Waals surface area contributed by atoms with Gasteiger partial charge in [0.2, 0.25) is 5.91 Å². The summed E-state index contributed by atoms with van der Waals surface area (Å²) in [5.41, 5.74) is 5.26.